The first kappa shape index (κ1) is 13.3. The largest absolute Gasteiger partial charge is 0.394 e. The van der Waals surface area contributed by atoms with Gasteiger partial charge in [-0.2, -0.15) is 0 Å². The molecule has 1 fully saturated rings. The highest BCUT2D eigenvalue weighted by molar-refractivity contribution is 5.43. The Morgan fingerprint density at radius 2 is 1.72 bits per heavy atom. The molecule has 1 aliphatic carbocycles. The molecule has 0 spiro atoms. The quantitative estimate of drug-likeness (QED) is 0.802. The molecule has 1 aromatic rings. The predicted octanol–water partition coefficient (Wildman–Crippen LogP) is 3.57. The van der Waals surface area contributed by atoms with E-state index in [4.69, 9.17) is 0 Å². The standard InChI is InChI=1S/C15H22FNO/c16-13-7-9-14(10-8-13)17-15(11-18)12-5-3-1-2-4-6-12/h7-10,12,15,17-18H,1-6,11H2. The van der Waals surface area contributed by atoms with E-state index < -0.39 is 0 Å². The monoisotopic (exact) mass is 251 g/mol. The van der Waals surface area contributed by atoms with Gasteiger partial charge in [0, 0.05) is 5.69 Å². The molecule has 3 heteroatoms. The summed E-state index contributed by atoms with van der Waals surface area (Å²) in [4.78, 5) is 0. The molecule has 0 saturated heterocycles. The maximum Gasteiger partial charge on any atom is 0.123 e. The van der Waals surface area contributed by atoms with Gasteiger partial charge in [0.05, 0.1) is 12.6 Å². The lowest BCUT2D eigenvalue weighted by Crippen LogP contribution is -2.32. The number of nitrogens with one attached hydrogen (secondary N) is 1. The minimum absolute atomic E-state index is 0.0913. The molecule has 1 aliphatic rings. The van der Waals surface area contributed by atoms with E-state index in [2.05, 4.69) is 5.32 Å². The van der Waals surface area contributed by atoms with Crippen LogP contribution in [-0.2, 0) is 0 Å². The maximum absolute atomic E-state index is 12.8. The summed E-state index contributed by atoms with van der Waals surface area (Å²) < 4.78 is 12.8. The first-order valence-corrected chi connectivity index (χ1v) is 6.92. The molecule has 2 N–H and O–H groups in total. The molecular weight excluding hydrogens is 229 g/mol. The Morgan fingerprint density at radius 3 is 2.28 bits per heavy atom. The molecule has 0 aromatic heterocycles. The molecule has 0 heterocycles. The fourth-order valence-electron chi connectivity index (χ4n) is 2.79. The Hall–Kier alpha value is -1.09. The van der Waals surface area contributed by atoms with Crippen LogP contribution in [0.4, 0.5) is 10.1 Å². The summed E-state index contributed by atoms with van der Waals surface area (Å²) in [5.41, 5.74) is 0.889. The molecule has 1 unspecified atom stereocenters. The maximum atomic E-state index is 12.8. The smallest absolute Gasteiger partial charge is 0.123 e. The van der Waals surface area contributed by atoms with Gasteiger partial charge in [0.25, 0.3) is 0 Å². The average Bonchev–Trinajstić information content (AvgIpc) is 2.67. The first-order chi connectivity index (χ1) is 8.79. The molecular formula is C15H22FNO. The molecule has 2 nitrogen and oxygen atoms in total. The van der Waals surface area contributed by atoms with Crippen LogP contribution in [0.2, 0.25) is 0 Å². The highest BCUT2D eigenvalue weighted by atomic mass is 19.1. The van der Waals surface area contributed by atoms with E-state index in [1.165, 1.54) is 50.7 Å². The summed E-state index contributed by atoms with van der Waals surface area (Å²) in [5, 5.41) is 12.9. The third-order valence-corrected chi connectivity index (χ3v) is 3.86. The lowest BCUT2D eigenvalue weighted by Gasteiger charge is -2.26. The summed E-state index contributed by atoms with van der Waals surface area (Å²) in [6, 6.07) is 6.45. The van der Waals surface area contributed by atoms with Crippen LogP contribution in [0.15, 0.2) is 24.3 Å². The van der Waals surface area contributed by atoms with Gasteiger partial charge in [-0.1, -0.05) is 25.7 Å². The second kappa shape index (κ2) is 6.74. The minimum atomic E-state index is -0.226. The number of hydrogen-bond acceptors (Lipinski definition) is 2. The summed E-state index contributed by atoms with van der Waals surface area (Å²) in [6.45, 7) is 0.141. The van der Waals surface area contributed by atoms with Gasteiger partial charge in [0.1, 0.15) is 5.82 Å². The van der Waals surface area contributed by atoms with E-state index in [1.54, 1.807) is 12.1 Å². The average molecular weight is 251 g/mol. The number of benzene rings is 1. The van der Waals surface area contributed by atoms with Crippen molar-refractivity contribution in [2.45, 2.75) is 44.6 Å². The molecule has 1 atom stereocenters. The molecule has 18 heavy (non-hydrogen) atoms. The summed E-state index contributed by atoms with van der Waals surface area (Å²) in [5.74, 6) is 0.304. The van der Waals surface area contributed by atoms with Gasteiger partial charge in [-0.05, 0) is 43.0 Å². The SMILES string of the molecule is OCC(Nc1ccc(F)cc1)C1CCCCCC1. The zero-order valence-corrected chi connectivity index (χ0v) is 10.7. The molecule has 100 valence electrons. The first-order valence-electron chi connectivity index (χ1n) is 6.92. The number of rotatable bonds is 4. The van der Waals surface area contributed by atoms with E-state index >= 15 is 0 Å². The number of halogens is 1. The highest BCUT2D eigenvalue weighted by Gasteiger charge is 2.21. The Balaban J connectivity index is 1.97. The molecule has 0 bridgehead atoms. The third kappa shape index (κ3) is 3.70. The van der Waals surface area contributed by atoms with Crippen molar-refractivity contribution in [1.29, 1.82) is 0 Å². The molecule has 0 aliphatic heterocycles. The third-order valence-electron chi connectivity index (χ3n) is 3.86. The normalized spacial score (nSPS) is 19.2. The lowest BCUT2D eigenvalue weighted by atomic mass is 9.92. The van der Waals surface area contributed by atoms with Gasteiger partial charge in [-0.3, -0.25) is 0 Å². The Bertz CT molecular complexity index is 344. The van der Waals surface area contributed by atoms with E-state index in [9.17, 15) is 9.50 Å². The highest BCUT2D eigenvalue weighted by Crippen LogP contribution is 2.27. The topological polar surface area (TPSA) is 32.3 Å². The van der Waals surface area contributed by atoms with Crippen molar-refractivity contribution in [3.63, 3.8) is 0 Å². The van der Waals surface area contributed by atoms with Crippen molar-refractivity contribution in [2.24, 2.45) is 5.92 Å². The summed E-state index contributed by atoms with van der Waals surface area (Å²) in [7, 11) is 0. The van der Waals surface area contributed by atoms with Crippen molar-refractivity contribution in [1.82, 2.24) is 0 Å². The Morgan fingerprint density at radius 1 is 1.11 bits per heavy atom. The van der Waals surface area contributed by atoms with Gasteiger partial charge in [-0.25, -0.2) is 4.39 Å². The lowest BCUT2D eigenvalue weighted by molar-refractivity contribution is 0.227. The molecule has 1 saturated carbocycles. The van der Waals surface area contributed by atoms with Gasteiger partial charge < -0.3 is 10.4 Å². The van der Waals surface area contributed by atoms with Crippen LogP contribution >= 0.6 is 0 Å². The van der Waals surface area contributed by atoms with Crippen LogP contribution in [0.25, 0.3) is 0 Å². The Kier molecular flexibility index (Phi) is 5.00. The number of aliphatic hydroxyl groups is 1. The minimum Gasteiger partial charge on any atom is -0.394 e. The molecule has 1 aromatic carbocycles. The second-order valence-electron chi connectivity index (χ2n) is 5.19. The van der Waals surface area contributed by atoms with E-state index in [0.717, 1.165) is 5.69 Å². The van der Waals surface area contributed by atoms with Crippen LogP contribution in [0.3, 0.4) is 0 Å². The zero-order valence-electron chi connectivity index (χ0n) is 10.7. The van der Waals surface area contributed by atoms with Crippen LogP contribution < -0.4 is 5.32 Å². The predicted molar refractivity (Wildman–Crippen MR) is 72.1 cm³/mol. The molecule has 0 radical (unpaired) electrons. The fraction of sp³-hybridized carbons (Fsp3) is 0.600. The zero-order chi connectivity index (χ0) is 12.8. The number of aliphatic hydroxyl groups excluding tert-OH is 1. The summed E-state index contributed by atoms with van der Waals surface area (Å²) >= 11 is 0. The molecule has 0 amide bonds. The van der Waals surface area contributed by atoms with Gasteiger partial charge in [0.15, 0.2) is 0 Å². The van der Waals surface area contributed by atoms with Crippen LogP contribution in [0.5, 0.6) is 0 Å². The van der Waals surface area contributed by atoms with Crippen molar-refractivity contribution in [3.05, 3.63) is 30.1 Å². The van der Waals surface area contributed by atoms with Crippen LogP contribution in [0.1, 0.15) is 38.5 Å². The fourth-order valence-corrected chi connectivity index (χ4v) is 2.79. The van der Waals surface area contributed by atoms with E-state index in [1.807, 2.05) is 0 Å². The van der Waals surface area contributed by atoms with Crippen molar-refractivity contribution in [2.75, 3.05) is 11.9 Å². The van der Waals surface area contributed by atoms with Gasteiger partial charge in [0.2, 0.25) is 0 Å². The molecule has 2 rings (SSSR count). The van der Waals surface area contributed by atoms with Crippen molar-refractivity contribution < 1.29 is 9.50 Å². The van der Waals surface area contributed by atoms with Crippen molar-refractivity contribution >= 4 is 5.69 Å². The van der Waals surface area contributed by atoms with E-state index in [-0.39, 0.29) is 18.5 Å². The van der Waals surface area contributed by atoms with Crippen LogP contribution in [-0.4, -0.2) is 17.8 Å². The van der Waals surface area contributed by atoms with E-state index in [0.29, 0.717) is 5.92 Å². The second-order valence-corrected chi connectivity index (χ2v) is 5.19. The number of hydrogen-bond donors (Lipinski definition) is 2. The van der Waals surface area contributed by atoms with Gasteiger partial charge >= 0.3 is 0 Å². The summed E-state index contributed by atoms with van der Waals surface area (Å²) in [6.07, 6.45) is 7.49. The van der Waals surface area contributed by atoms with Crippen molar-refractivity contribution in [3.8, 4) is 0 Å². The van der Waals surface area contributed by atoms with Crippen LogP contribution in [0, 0.1) is 11.7 Å². The Labute approximate surface area is 108 Å². The van der Waals surface area contributed by atoms with Gasteiger partial charge in [-0.15, -0.1) is 0 Å². The number of anilines is 1.